The molecule has 0 bridgehead atoms. The van der Waals surface area contributed by atoms with Crippen LogP contribution in [-0.4, -0.2) is 9.13 Å². The van der Waals surface area contributed by atoms with Gasteiger partial charge < -0.3 is 9.13 Å². The number of nitriles is 2. The van der Waals surface area contributed by atoms with Crippen molar-refractivity contribution in [1.82, 2.24) is 9.13 Å². The predicted octanol–water partition coefficient (Wildman–Crippen LogP) is 12.6. The van der Waals surface area contributed by atoms with E-state index in [1.54, 1.807) is 12.1 Å². The average molecular weight is 687 g/mol. The Morgan fingerprint density at radius 3 is 1.50 bits per heavy atom. The summed E-state index contributed by atoms with van der Waals surface area (Å²) < 4.78 is 4.77. The van der Waals surface area contributed by atoms with Gasteiger partial charge in [0, 0.05) is 38.4 Å². The summed E-state index contributed by atoms with van der Waals surface area (Å²) in [5.74, 6) is 0. The largest absolute Gasteiger partial charge is 0.309 e. The van der Waals surface area contributed by atoms with Crippen molar-refractivity contribution in [2.45, 2.75) is 0 Å². The van der Waals surface area contributed by atoms with Crippen molar-refractivity contribution in [3.8, 4) is 56.9 Å². The Labute approximate surface area is 312 Å². The zero-order valence-corrected chi connectivity index (χ0v) is 29.1. The Balaban J connectivity index is 1.30. The van der Waals surface area contributed by atoms with Crippen molar-refractivity contribution in [2.75, 3.05) is 0 Å². The summed E-state index contributed by atoms with van der Waals surface area (Å²) in [7, 11) is 0. The van der Waals surface area contributed by atoms with Crippen molar-refractivity contribution in [3.63, 3.8) is 0 Å². The van der Waals surface area contributed by atoms with Crippen molar-refractivity contribution in [1.29, 1.82) is 10.5 Å². The fraction of sp³-hybridized carbons (Fsp3) is 0. The normalized spacial score (nSPS) is 11.3. The summed E-state index contributed by atoms with van der Waals surface area (Å²) in [5, 5.41) is 24.8. The monoisotopic (exact) mass is 686 g/mol. The molecule has 4 nitrogen and oxygen atoms in total. The standard InChI is InChI=1S/C50H30N4/c51-31-33-23-25-38(36(27-33)32-52)44-29-43(35-15-5-2-6-16-35)50(30-42(44)34-13-3-1-4-14-34)54-48-22-12-9-19-41(48)45-28-37(24-26-49(45)54)53-46-20-10-7-17-39(46)40-18-8-11-21-47(40)53/h1-30H. The molecule has 54 heavy (non-hydrogen) atoms. The average Bonchev–Trinajstić information content (AvgIpc) is 3.76. The Bertz CT molecular complexity index is 3120. The fourth-order valence-electron chi connectivity index (χ4n) is 8.20. The van der Waals surface area contributed by atoms with Gasteiger partial charge in [-0.25, -0.2) is 0 Å². The highest BCUT2D eigenvalue weighted by Gasteiger charge is 2.22. The molecule has 250 valence electrons. The minimum Gasteiger partial charge on any atom is -0.309 e. The first-order valence-corrected chi connectivity index (χ1v) is 18.0. The molecule has 0 saturated heterocycles. The van der Waals surface area contributed by atoms with Crippen molar-refractivity contribution in [3.05, 3.63) is 193 Å². The van der Waals surface area contributed by atoms with Crippen LogP contribution in [-0.2, 0) is 0 Å². The van der Waals surface area contributed by atoms with Crippen LogP contribution in [0.3, 0.4) is 0 Å². The maximum Gasteiger partial charge on any atom is 0.0998 e. The van der Waals surface area contributed by atoms with Crippen LogP contribution in [0.15, 0.2) is 182 Å². The molecule has 10 aromatic rings. The van der Waals surface area contributed by atoms with E-state index in [-0.39, 0.29) is 0 Å². The summed E-state index contributed by atoms with van der Waals surface area (Å²) >= 11 is 0. The second kappa shape index (κ2) is 12.5. The summed E-state index contributed by atoms with van der Waals surface area (Å²) in [5.41, 5.74) is 13.5. The van der Waals surface area contributed by atoms with Crippen LogP contribution in [0.5, 0.6) is 0 Å². The molecule has 0 radical (unpaired) electrons. The smallest absolute Gasteiger partial charge is 0.0998 e. The fourth-order valence-corrected chi connectivity index (χ4v) is 8.20. The molecule has 0 amide bonds. The molecule has 2 aromatic heterocycles. The van der Waals surface area contributed by atoms with E-state index < -0.39 is 0 Å². The number of hydrogen-bond acceptors (Lipinski definition) is 2. The Morgan fingerprint density at radius 2 is 0.889 bits per heavy atom. The molecule has 10 rings (SSSR count). The topological polar surface area (TPSA) is 57.4 Å². The van der Waals surface area contributed by atoms with Crippen LogP contribution in [0.1, 0.15) is 11.1 Å². The van der Waals surface area contributed by atoms with Gasteiger partial charge in [0.1, 0.15) is 0 Å². The summed E-state index contributed by atoms with van der Waals surface area (Å²) in [4.78, 5) is 0. The number of hydrogen-bond donors (Lipinski definition) is 0. The summed E-state index contributed by atoms with van der Waals surface area (Å²) in [6, 6.07) is 68.0. The third kappa shape index (κ3) is 4.83. The number of benzene rings is 8. The highest BCUT2D eigenvalue weighted by atomic mass is 15.0. The quantitative estimate of drug-likeness (QED) is 0.181. The van der Waals surface area contributed by atoms with Crippen LogP contribution in [0.2, 0.25) is 0 Å². The lowest BCUT2D eigenvalue weighted by Crippen LogP contribution is -2.01. The molecule has 2 heterocycles. The van der Waals surface area contributed by atoms with Gasteiger partial charge in [0.25, 0.3) is 0 Å². The van der Waals surface area contributed by atoms with Gasteiger partial charge in [-0.15, -0.1) is 0 Å². The zero-order valence-electron chi connectivity index (χ0n) is 29.1. The number of para-hydroxylation sites is 3. The van der Waals surface area contributed by atoms with Gasteiger partial charge in [-0.1, -0.05) is 121 Å². The molecule has 0 fully saturated rings. The van der Waals surface area contributed by atoms with E-state index in [1.807, 2.05) is 30.3 Å². The molecular formula is C50H30N4. The molecule has 0 saturated carbocycles. The Morgan fingerprint density at radius 1 is 0.352 bits per heavy atom. The molecule has 0 unspecified atom stereocenters. The highest BCUT2D eigenvalue weighted by molar-refractivity contribution is 6.13. The van der Waals surface area contributed by atoms with E-state index in [0.29, 0.717) is 11.1 Å². The maximum absolute atomic E-state index is 10.3. The molecule has 8 aromatic carbocycles. The van der Waals surface area contributed by atoms with Crippen LogP contribution in [0.25, 0.3) is 88.4 Å². The van der Waals surface area contributed by atoms with Gasteiger partial charge in [0.15, 0.2) is 0 Å². The predicted molar refractivity (Wildman–Crippen MR) is 221 cm³/mol. The first kappa shape index (κ1) is 31.1. The molecule has 0 aliphatic heterocycles. The van der Waals surface area contributed by atoms with E-state index in [2.05, 4.69) is 161 Å². The molecule has 0 aliphatic carbocycles. The third-order valence-electron chi connectivity index (χ3n) is 10.6. The van der Waals surface area contributed by atoms with E-state index in [4.69, 9.17) is 0 Å². The zero-order chi connectivity index (χ0) is 36.2. The van der Waals surface area contributed by atoms with Gasteiger partial charge >= 0.3 is 0 Å². The lowest BCUT2D eigenvalue weighted by molar-refractivity contribution is 1.17. The van der Waals surface area contributed by atoms with Gasteiger partial charge in [-0.05, 0) is 82.9 Å². The van der Waals surface area contributed by atoms with Crippen LogP contribution < -0.4 is 0 Å². The molecule has 4 heteroatoms. The molecule has 0 aliphatic rings. The Kier molecular flexibility index (Phi) is 7.22. The number of aromatic nitrogens is 2. The summed E-state index contributed by atoms with van der Waals surface area (Å²) in [6.07, 6.45) is 0. The SMILES string of the molecule is N#Cc1ccc(-c2cc(-c3ccccc3)c(-n3c4ccccc4c4cc(-n5c6ccccc6c6ccccc65)ccc43)cc2-c2ccccc2)c(C#N)c1. The van der Waals surface area contributed by atoms with E-state index >= 15 is 0 Å². The van der Waals surface area contributed by atoms with Crippen LogP contribution in [0.4, 0.5) is 0 Å². The highest BCUT2D eigenvalue weighted by Crippen LogP contribution is 2.44. The molecular weight excluding hydrogens is 657 g/mol. The minimum absolute atomic E-state index is 0.460. The maximum atomic E-state index is 10.3. The first-order chi connectivity index (χ1) is 26.7. The summed E-state index contributed by atoms with van der Waals surface area (Å²) in [6.45, 7) is 0. The van der Waals surface area contributed by atoms with Crippen molar-refractivity contribution >= 4 is 43.6 Å². The van der Waals surface area contributed by atoms with E-state index in [0.717, 1.165) is 61.2 Å². The second-order valence-corrected chi connectivity index (χ2v) is 13.6. The van der Waals surface area contributed by atoms with Crippen LogP contribution in [0, 0.1) is 22.7 Å². The number of fused-ring (bicyclic) bond motifs is 6. The van der Waals surface area contributed by atoms with Gasteiger partial charge in [0.2, 0.25) is 0 Å². The van der Waals surface area contributed by atoms with Gasteiger partial charge in [0.05, 0.1) is 51.0 Å². The van der Waals surface area contributed by atoms with Crippen molar-refractivity contribution < 1.29 is 0 Å². The third-order valence-corrected chi connectivity index (χ3v) is 10.6. The minimum atomic E-state index is 0.460. The molecule has 0 N–H and O–H groups in total. The van der Waals surface area contributed by atoms with E-state index in [9.17, 15) is 10.5 Å². The second-order valence-electron chi connectivity index (χ2n) is 13.6. The number of nitrogens with zero attached hydrogens (tertiary/aromatic N) is 4. The molecule has 0 atom stereocenters. The van der Waals surface area contributed by atoms with Crippen molar-refractivity contribution in [2.24, 2.45) is 0 Å². The number of rotatable bonds is 5. The first-order valence-electron chi connectivity index (χ1n) is 18.0. The molecule has 0 spiro atoms. The lowest BCUT2D eigenvalue weighted by Gasteiger charge is -2.20. The van der Waals surface area contributed by atoms with Crippen LogP contribution >= 0.6 is 0 Å². The Hall–Kier alpha value is -7.66. The lowest BCUT2D eigenvalue weighted by atomic mass is 9.87. The van der Waals surface area contributed by atoms with Gasteiger partial charge in [-0.2, -0.15) is 10.5 Å². The van der Waals surface area contributed by atoms with E-state index in [1.165, 1.54) is 27.2 Å². The van der Waals surface area contributed by atoms with Gasteiger partial charge in [-0.3, -0.25) is 0 Å².